The Hall–Kier alpha value is -2.12. The monoisotopic (exact) mass is 302 g/mol. The summed E-state index contributed by atoms with van der Waals surface area (Å²) in [7, 11) is 0. The lowest BCUT2D eigenvalue weighted by Crippen LogP contribution is -2.33. The highest BCUT2D eigenvalue weighted by molar-refractivity contribution is 5.92. The van der Waals surface area contributed by atoms with Gasteiger partial charge in [0.05, 0.1) is 11.5 Å². The van der Waals surface area contributed by atoms with E-state index >= 15 is 0 Å². The number of aromatic nitrogens is 1. The summed E-state index contributed by atoms with van der Waals surface area (Å²) in [5.74, 6) is -1.99. The molecular weight excluding hydrogens is 289 g/mol. The van der Waals surface area contributed by atoms with E-state index in [1.165, 1.54) is 0 Å². The molecule has 1 aliphatic rings. The van der Waals surface area contributed by atoms with Crippen molar-refractivity contribution >= 4 is 11.9 Å². The maximum Gasteiger partial charge on any atom is 0.417 e. The van der Waals surface area contributed by atoms with Crippen LogP contribution in [-0.2, 0) is 11.0 Å². The Bertz CT molecular complexity index is 543. The van der Waals surface area contributed by atoms with Crippen molar-refractivity contribution < 1.29 is 27.9 Å². The summed E-state index contributed by atoms with van der Waals surface area (Å²) in [5, 5.41) is 11.4. The predicted octanol–water partition coefficient (Wildman–Crippen LogP) is 2.08. The van der Waals surface area contributed by atoms with Crippen LogP contribution in [0.15, 0.2) is 18.3 Å². The lowest BCUT2D eigenvalue weighted by Gasteiger charge is -2.12. The molecule has 2 atom stereocenters. The van der Waals surface area contributed by atoms with Gasteiger partial charge in [0.15, 0.2) is 0 Å². The molecule has 1 saturated carbocycles. The summed E-state index contributed by atoms with van der Waals surface area (Å²) in [6.07, 6.45) is -2.57. The van der Waals surface area contributed by atoms with Crippen LogP contribution in [0, 0.1) is 5.92 Å². The van der Waals surface area contributed by atoms with E-state index in [0.29, 0.717) is 25.5 Å². The number of nitrogens with one attached hydrogen (secondary N) is 1. The van der Waals surface area contributed by atoms with Gasteiger partial charge in [0, 0.05) is 12.2 Å². The van der Waals surface area contributed by atoms with E-state index in [-0.39, 0.29) is 11.7 Å². The molecule has 0 radical (unpaired) electrons. The molecule has 1 aliphatic carbocycles. The zero-order valence-corrected chi connectivity index (χ0v) is 10.9. The highest BCUT2D eigenvalue weighted by Gasteiger charge is 2.32. The number of carboxylic acid groups (broad SMARTS) is 1. The molecule has 0 aliphatic heterocycles. The third-order valence-electron chi connectivity index (χ3n) is 3.44. The fourth-order valence-electron chi connectivity index (χ4n) is 2.29. The zero-order chi connectivity index (χ0) is 15.6. The van der Waals surface area contributed by atoms with E-state index in [2.05, 4.69) is 10.3 Å². The standard InChI is InChI=1S/C13H13F3N2O3/c14-13(15,16)8-2-4-10(17-6-8)11(19)18-9-3-1-7(5-9)12(20)21/h2,4,6-7,9H,1,3,5H2,(H,18,19)(H,20,21)/t7-,9+/m1/s1. The van der Waals surface area contributed by atoms with Gasteiger partial charge in [-0.15, -0.1) is 0 Å². The Morgan fingerprint density at radius 2 is 2.00 bits per heavy atom. The maximum absolute atomic E-state index is 12.4. The van der Waals surface area contributed by atoms with Crippen LogP contribution < -0.4 is 5.32 Å². The van der Waals surface area contributed by atoms with Gasteiger partial charge < -0.3 is 10.4 Å². The molecule has 2 rings (SSSR count). The molecule has 114 valence electrons. The van der Waals surface area contributed by atoms with Crippen LogP contribution in [0.5, 0.6) is 0 Å². The quantitative estimate of drug-likeness (QED) is 0.896. The summed E-state index contributed by atoms with van der Waals surface area (Å²) in [5.41, 5.74) is -1.05. The number of nitrogens with zero attached hydrogens (tertiary/aromatic N) is 1. The van der Waals surface area contributed by atoms with Gasteiger partial charge in [0.2, 0.25) is 0 Å². The Kier molecular flexibility index (Phi) is 4.15. The molecule has 1 aromatic heterocycles. The Morgan fingerprint density at radius 1 is 1.29 bits per heavy atom. The Balaban J connectivity index is 1.97. The molecule has 1 aromatic rings. The van der Waals surface area contributed by atoms with Crippen LogP contribution in [-0.4, -0.2) is 28.0 Å². The van der Waals surface area contributed by atoms with Crippen molar-refractivity contribution in [1.82, 2.24) is 10.3 Å². The molecule has 0 bridgehead atoms. The van der Waals surface area contributed by atoms with Crippen molar-refractivity contribution in [3.63, 3.8) is 0 Å². The van der Waals surface area contributed by atoms with E-state index < -0.39 is 29.5 Å². The van der Waals surface area contributed by atoms with Crippen LogP contribution in [0.3, 0.4) is 0 Å². The normalized spacial score (nSPS) is 22.0. The number of hydrogen-bond acceptors (Lipinski definition) is 3. The molecule has 2 N–H and O–H groups in total. The second-order valence-corrected chi connectivity index (χ2v) is 4.95. The lowest BCUT2D eigenvalue weighted by molar-refractivity contribution is -0.141. The van der Waals surface area contributed by atoms with Gasteiger partial charge >= 0.3 is 12.1 Å². The number of amides is 1. The smallest absolute Gasteiger partial charge is 0.417 e. The molecule has 0 spiro atoms. The van der Waals surface area contributed by atoms with Crippen LogP contribution in [0.1, 0.15) is 35.3 Å². The molecule has 5 nitrogen and oxygen atoms in total. The third kappa shape index (κ3) is 3.71. The van der Waals surface area contributed by atoms with Crippen molar-refractivity contribution in [3.8, 4) is 0 Å². The first-order chi connectivity index (χ1) is 9.77. The van der Waals surface area contributed by atoms with E-state index in [1.807, 2.05) is 0 Å². The summed E-state index contributed by atoms with van der Waals surface area (Å²) in [6, 6.07) is 1.50. The highest BCUT2D eigenvalue weighted by Crippen LogP contribution is 2.28. The van der Waals surface area contributed by atoms with Crippen LogP contribution in [0.2, 0.25) is 0 Å². The fraction of sp³-hybridized carbons (Fsp3) is 0.462. The number of carbonyl (C=O) groups excluding carboxylic acids is 1. The second-order valence-electron chi connectivity index (χ2n) is 4.95. The molecule has 21 heavy (non-hydrogen) atoms. The van der Waals surface area contributed by atoms with Crippen molar-refractivity contribution in [2.75, 3.05) is 0 Å². The number of carbonyl (C=O) groups is 2. The van der Waals surface area contributed by atoms with E-state index in [4.69, 9.17) is 5.11 Å². The highest BCUT2D eigenvalue weighted by atomic mass is 19.4. The Morgan fingerprint density at radius 3 is 2.48 bits per heavy atom. The first-order valence-electron chi connectivity index (χ1n) is 6.34. The first-order valence-corrected chi connectivity index (χ1v) is 6.34. The van der Waals surface area contributed by atoms with Gasteiger partial charge in [-0.2, -0.15) is 13.2 Å². The molecular formula is C13H13F3N2O3. The van der Waals surface area contributed by atoms with Gasteiger partial charge in [0.25, 0.3) is 5.91 Å². The number of hydrogen-bond donors (Lipinski definition) is 2. The van der Waals surface area contributed by atoms with Gasteiger partial charge in [-0.05, 0) is 31.4 Å². The molecule has 0 saturated heterocycles. The zero-order valence-electron chi connectivity index (χ0n) is 10.9. The lowest BCUT2D eigenvalue weighted by atomic mass is 10.1. The molecule has 1 fully saturated rings. The molecule has 8 heteroatoms. The average molecular weight is 302 g/mol. The van der Waals surface area contributed by atoms with Crippen molar-refractivity contribution in [3.05, 3.63) is 29.6 Å². The summed E-state index contributed by atoms with van der Waals surface area (Å²) in [4.78, 5) is 26.1. The minimum absolute atomic E-state index is 0.123. The number of halogens is 3. The second kappa shape index (κ2) is 5.71. The molecule has 0 aromatic carbocycles. The Labute approximate surface area is 118 Å². The fourth-order valence-corrected chi connectivity index (χ4v) is 2.29. The van der Waals surface area contributed by atoms with Crippen LogP contribution >= 0.6 is 0 Å². The van der Waals surface area contributed by atoms with E-state index in [1.54, 1.807) is 0 Å². The van der Waals surface area contributed by atoms with Crippen molar-refractivity contribution in [2.24, 2.45) is 5.92 Å². The third-order valence-corrected chi connectivity index (χ3v) is 3.44. The SMILES string of the molecule is O=C(N[C@H]1CC[C@@H](C(=O)O)C1)c1ccc(C(F)(F)F)cn1. The summed E-state index contributed by atoms with van der Waals surface area (Å²) < 4.78 is 37.1. The van der Waals surface area contributed by atoms with E-state index in [0.717, 1.165) is 12.1 Å². The first kappa shape index (κ1) is 15.3. The van der Waals surface area contributed by atoms with Crippen LogP contribution in [0.4, 0.5) is 13.2 Å². The molecule has 1 heterocycles. The number of rotatable bonds is 3. The molecule has 1 amide bonds. The predicted molar refractivity (Wildman–Crippen MR) is 65.5 cm³/mol. The van der Waals surface area contributed by atoms with Gasteiger partial charge in [0.1, 0.15) is 5.69 Å². The van der Waals surface area contributed by atoms with Crippen molar-refractivity contribution in [1.29, 1.82) is 0 Å². The maximum atomic E-state index is 12.4. The minimum atomic E-state index is -4.50. The van der Waals surface area contributed by atoms with Crippen molar-refractivity contribution in [2.45, 2.75) is 31.5 Å². The van der Waals surface area contributed by atoms with E-state index in [9.17, 15) is 22.8 Å². The average Bonchev–Trinajstić information content (AvgIpc) is 2.86. The van der Waals surface area contributed by atoms with Gasteiger partial charge in [-0.25, -0.2) is 0 Å². The van der Waals surface area contributed by atoms with Gasteiger partial charge in [-0.1, -0.05) is 0 Å². The number of carboxylic acids is 1. The summed E-state index contributed by atoms with van der Waals surface area (Å²) in [6.45, 7) is 0. The van der Waals surface area contributed by atoms with Crippen LogP contribution in [0.25, 0.3) is 0 Å². The number of alkyl halides is 3. The number of aliphatic carboxylic acids is 1. The minimum Gasteiger partial charge on any atom is -0.481 e. The molecule has 0 unspecified atom stereocenters. The number of pyridine rings is 1. The largest absolute Gasteiger partial charge is 0.481 e. The van der Waals surface area contributed by atoms with Gasteiger partial charge in [-0.3, -0.25) is 14.6 Å². The summed E-state index contributed by atoms with van der Waals surface area (Å²) >= 11 is 0. The topological polar surface area (TPSA) is 79.3 Å².